The molecule has 1 aromatic heterocycles. The van der Waals surface area contributed by atoms with Crippen molar-refractivity contribution < 1.29 is 9.69 Å². The Labute approximate surface area is 135 Å². The molecule has 3 aromatic rings. The van der Waals surface area contributed by atoms with Crippen molar-refractivity contribution in [3.05, 3.63) is 65.9 Å². The Balaban J connectivity index is 2.24. The summed E-state index contributed by atoms with van der Waals surface area (Å²) in [4.78, 5) is 25.8. The number of benzene rings is 2. The van der Waals surface area contributed by atoms with E-state index < -0.39 is 14.1 Å². The summed E-state index contributed by atoms with van der Waals surface area (Å²) < 4.78 is 0. The zero-order valence-electron chi connectivity index (χ0n) is 12.7. The monoisotopic (exact) mass is 324 g/mol. The van der Waals surface area contributed by atoms with Crippen LogP contribution in [-0.4, -0.2) is 15.8 Å². The van der Waals surface area contributed by atoms with Gasteiger partial charge >= 0.3 is 0 Å². The van der Waals surface area contributed by atoms with Gasteiger partial charge in [-0.15, -0.1) is 0 Å². The predicted molar refractivity (Wildman–Crippen MR) is 96.5 cm³/mol. The molecule has 0 saturated heterocycles. The van der Waals surface area contributed by atoms with Crippen molar-refractivity contribution in [3.8, 4) is 0 Å². The van der Waals surface area contributed by atoms with Gasteiger partial charge in [-0.25, -0.2) is 0 Å². The van der Waals surface area contributed by atoms with E-state index in [9.17, 15) is 9.69 Å². The Bertz CT molecular complexity index is 915. The van der Waals surface area contributed by atoms with Crippen LogP contribution in [0.1, 0.15) is 21.6 Å². The lowest BCUT2D eigenvalue weighted by molar-refractivity contribution is 0.0997. The fourth-order valence-corrected chi connectivity index (χ4v) is 4.15. The maximum Gasteiger partial charge on any atom is 0.265 e. The number of carbonyl (C=O) groups excluding carboxylic acids is 1. The molecule has 0 aliphatic heterocycles. The number of nitrogens with two attached hydrogens (primary N) is 1. The summed E-state index contributed by atoms with van der Waals surface area (Å²) >= 11 is 0. The minimum Gasteiger partial charge on any atom is -0.364 e. The largest absolute Gasteiger partial charge is 0.364 e. The van der Waals surface area contributed by atoms with E-state index in [2.05, 4.69) is 11.6 Å². The number of aromatic amines is 1. The maximum atomic E-state index is 11.8. The molecule has 3 rings (SSSR count). The van der Waals surface area contributed by atoms with Gasteiger partial charge in [0.2, 0.25) is 0 Å². The number of rotatable bonds is 4. The summed E-state index contributed by atoms with van der Waals surface area (Å²) in [6, 6.07) is 13.3. The maximum absolute atomic E-state index is 11.8. The average molecular weight is 324 g/mol. The third-order valence-electron chi connectivity index (χ3n) is 3.74. The highest BCUT2D eigenvalue weighted by molar-refractivity contribution is 7.68. The van der Waals surface area contributed by atoms with Crippen LogP contribution in [0.5, 0.6) is 0 Å². The van der Waals surface area contributed by atoms with Crippen LogP contribution in [0, 0.1) is 6.92 Å². The van der Waals surface area contributed by atoms with Gasteiger partial charge in [0.15, 0.2) is 0 Å². The van der Waals surface area contributed by atoms with E-state index in [-0.39, 0.29) is 5.69 Å². The molecule has 1 heterocycles. The minimum absolute atomic E-state index is 0.267. The molecule has 1 unspecified atom stereocenters. The Kier molecular flexibility index (Phi) is 4.03. The third kappa shape index (κ3) is 2.79. The number of nitrogens with one attached hydrogen (secondary N) is 1. The summed E-state index contributed by atoms with van der Waals surface area (Å²) in [5.74, 6) is -0.574. The van der Waals surface area contributed by atoms with Crippen LogP contribution in [0.15, 0.2) is 49.0 Å². The smallest absolute Gasteiger partial charge is 0.265 e. The normalized spacial score (nSPS) is 12.3. The highest BCUT2D eigenvalue weighted by Crippen LogP contribution is 2.34. The molecule has 0 bridgehead atoms. The van der Waals surface area contributed by atoms with Gasteiger partial charge in [-0.2, -0.15) is 0 Å². The molecule has 5 heteroatoms. The molecule has 0 radical (unpaired) electrons. The van der Waals surface area contributed by atoms with Gasteiger partial charge in [0, 0.05) is 21.5 Å². The molecule has 23 heavy (non-hydrogen) atoms. The number of hydrogen-bond acceptors (Lipinski definition) is 2. The third-order valence-corrected chi connectivity index (χ3v) is 5.39. The molecule has 1 atom stereocenters. The summed E-state index contributed by atoms with van der Waals surface area (Å²) in [6.45, 7) is 5.72. The standard InChI is InChI=1S/C18H17N2O2P/c1-3-12-5-4-6-13(10-12)23(22)17-14-9-11(2)7-8-15(14)20-16(17)18(19)21/h3-10,20,22H,1H2,2H3,(H2,19,21). The van der Waals surface area contributed by atoms with Gasteiger partial charge in [0.1, 0.15) is 5.69 Å². The lowest BCUT2D eigenvalue weighted by atomic mass is 10.2. The molecule has 0 fully saturated rings. The molecule has 4 nitrogen and oxygen atoms in total. The van der Waals surface area contributed by atoms with Crippen molar-refractivity contribution in [1.29, 1.82) is 0 Å². The Morgan fingerprint density at radius 3 is 2.78 bits per heavy atom. The molecule has 0 aliphatic rings. The first-order valence-corrected chi connectivity index (χ1v) is 8.44. The molecule has 0 spiro atoms. The van der Waals surface area contributed by atoms with Crippen molar-refractivity contribution in [1.82, 2.24) is 4.98 Å². The average Bonchev–Trinajstić information content (AvgIpc) is 2.93. The van der Waals surface area contributed by atoms with Crippen molar-refractivity contribution in [2.24, 2.45) is 5.73 Å². The SMILES string of the molecule is C=Cc1cccc(P(O)c2c(C(N)=O)[nH]c3ccc(C)cc23)c1. The van der Waals surface area contributed by atoms with Gasteiger partial charge in [0.25, 0.3) is 5.91 Å². The highest BCUT2D eigenvalue weighted by atomic mass is 31.1. The van der Waals surface area contributed by atoms with Gasteiger partial charge in [-0.05, 0) is 30.7 Å². The van der Waals surface area contributed by atoms with E-state index in [1.54, 1.807) is 6.08 Å². The quantitative estimate of drug-likeness (QED) is 0.645. The number of hydrogen-bond donors (Lipinski definition) is 3. The van der Waals surface area contributed by atoms with E-state index in [0.717, 1.165) is 27.3 Å². The fourth-order valence-electron chi connectivity index (χ4n) is 2.60. The zero-order chi connectivity index (χ0) is 16.6. The molecule has 0 saturated carbocycles. The van der Waals surface area contributed by atoms with Crippen LogP contribution < -0.4 is 16.3 Å². The molecular formula is C18H17N2O2P. The van der Waals surface area contributed by atoms with Crippen LogP contribution >= 0.6 is 8.15 Å². The number of H-pyrrole nitrogens is 1. The minimum atomic E-state index is -1.70. The van der Waals surface area contributed by atoms with Gasteiger partial charge < -0.3 is 15.6 Å². The number of amides is 1. The number of aryl methyl sites for hydroxylation is 1. The summed E-state index contributed by atoms with van der Waals surface area (Å²) in [5.41, 5.74) is 8.53. The molecule has 2 aromatic carbocycles. The van der Waals surface area contributed by atoms with Crippen molar-refractivity contribution in [2.45, 2.75) is 6.92 Å². The van der Waals surface area contributed by atoms with Crippen LogP contribution in [0.25, 0.3) is 17.0 Å². The van der Waals surface area contributed by atoms with Crippen LogP contribution in [0.2, 0.25) is 0 Å². The van der Waals surface area contributed by atoms with Gasteiger partial charge in [-0.1, -0.05) is 42.5 Å². The topological polar surface area (TPSA) is 79.1 Å². The number of fused-ring (bicyclic) bond motifs is 1. The highest BCUT2D eigenvalue weighted by Gasteiger charge is 2.23. The first kappa shape index (κ1) is 15.5. The summed E-state index contributed by atoms with van der Waals surface area (Å²) in [7, 11) is -1.70. The van der Waals surface area contributed by atoms with Crippen LogP contribution in [0.4, 0.5) is 0 Å². The molecule has 116 valence electrons. The lowest BCUT2D eigenvalue weighted by Crippen LogP contribution is -2.22. The Morgan fingerprint density at radius 2 is 2.09 bits per heavy atom. The second-order valence-electron chi connectivity index (χ2n) is 5.37. The zero-order valence-corrected chi connectivity index (χ0v) is 13.6. The van der Waals surface area contributed by atoms with Gasteiger partial charge in [0.05, 0.1) is 8.15 Å². The second kappa shape index (κ2) is 5.99. The van der Waals surface area contributed by atoms with E-state index >= 15 is 0 Å². The first-order valence-electron chi connectivity index (χ1n) is 7.15. The van der Waals surface area contributed by atoms with Crippen LogP contribution in [-0.2, 0) is 0 Å². The molecular weight excluding hydrogens is 307 g/mol. The summed E-state index contributed by atoms with van der Waals surface area (Å²) in [5, 5.41) is 2.16. The molecule has 0 aliphatic carbocycles. The number of carbonyl (C=O) groups is 1. The van der Waals surface area contributed by atoms with E-state index in [0.29, 0.717) is 5.30 Å². The number of primary amides is 1. The van der Waals surface area contributed by atoms with E-state index in [1.165, 1.54) is 0 Å². The van der Waals surface area contributed by atoms with Crippen molar-refractivity contribution in [3.63, 3.8) is 0 Å². The van der Waals surface area contributed by atoms with Crippen LogP contribution in [0.3, 0.4) is 0 Å². The predicted octanol–water partition coefficient (Wildman–Crippen LogP) is 2.56. The van der Waals surface area contributed by atoms with Crippen molar-refractivity contribution >= 4 is 41.6 Å². The lowest BCUT2D eigenvalue weighted by Gasteiger charge is -2.12. The second-order valence-corrected chi connectivity index (χ2v) is 6.96. The van der Waals surface area contributed by atoms with E-state index in [4.69, 9.17) is 5.73 Å². The number of aromatic nitrogens is 1. The first-order chi connectivity index (χ1) is 11.0. The Hall–Kier alpha value is -2.42. The fraction of sp³-hybridized carbons (Fsp3) is 0.0556. The Morgan fingerprint density at radius 1 is 1.30 bits per heavy atom. The molecule has 4 N–H and O–H groups in total. The molecule has 1 amide bonds. The summed E-state index contributed by atoms with van der Waals surface area (Å²) in [6.07, 6.45) is 1.72. The van der Waals surface area contributed by atoms with Gasteiger partial charge in [-0.3, -0.25) is 4.79 Å². The van der Waals surface area contributed by atoms with Crippen molar-refractivity contribution in [2.75, 3.05) is 0 Å². The van der Waals surface area contributed by atoms with E-state index in [1.807, 2.05) is 49.4 Å².